The van der Waals surface area contributed by atoms with Gasteiger partial charge in [-0.3, -0.25) is 0 Å². The zero-order valence-corrected chi connectivity index (χ0v) is 16.1. The summed E-state index contributed by atoms with van der Waals surface area (Å²) >= 11 is 0. The number of aryl methyl sites for hydroxylation is 1. The topological polar surface area (TPSA) is 47.9 Å². The van der Waals surface area contributed by atoms with Crippen LogP contribution in [0.3, 0.4) is 0 Å². The molecule has 2 aromatic carbocycles. The van der Waals surface area contributed by atoms with Crippen molar-refractivity contribution in [3.8, 4) is 23.0 Å². The number of hydrogen-bond donors (Lipinski definition) is 1. The summed E-state index contributed by atoms with van der Waals surface area (Å²) in [5.41, 5.74) is 4.75. The first-order valence-electron chi connectivity index (χ1n) is 9.39. The Morgan fingerprint density at radius 2 is 1.85 bits per heavy atom. The first-order valence-corrected chi connectivity index (χ1v) is 9.39. The summed E-state index contributed by atoms with van der Waals surface area (Å²) in [6.07, 6.45) is 3.73. The van der Waals surface area contributed by atoms with Gasteiger partial charge < -0.3 is 19.3 Å². The maximum atomic E-state index is 10.5. The molecule has 1 N–H and O–H groups in total. The molecule has 1 aliphatic heterocycles. The average Bonchev–Trinajstić information content (AvgIpc) is 3.09. The van der Waals surface area contributed by atoms with E-state index in [1.165, 1.54) is 16.7 Å². The second-order valence-corrected chi connectivity index (χ2v) is 6.87. The summed E-state index contributed by atoms with van der Waals surface area (Å²) in [6.45, 7) is 6.78. The summed E-state index contributed by atoms with van der Waals surface area (Å²) in [5, 5.41) is 10.5. The van der Waals surface area contributed by atoms with Crippen molar-refractivity contribution in [2.24, 2.45) is 0 Å². The van der Waals surface area contributed by atoms with Crippen LogP contribution in [0, 0.1) is 0 Å². The first kappa shape index (κ1) is 18.4. The van der Waals surface area contributed by atoms with Crippen molar-refractivity contribution in [3.05, 3.63) is 46.5 Å². The van der Waals surface area contributed by atoms with E-state index in [0.717, 1.165) is 42.7 Å². The quantitative estimate of drug-likeness (QED) is 0.759. The lowest BCUT2D eigenvalue weighted by molar-refractivity contribution is 0.174. The lowest BCUT2D eigenvalue weighted by Crippen LogP contribution is -2.06. The van der Waals surface area contributed by atoms with Gasteiger partial charge in [0, 0.05) is 5.56 Å². The van der Waals surface area contributed by atoms with E-state index in [9.17, 15) is 5.11 Å². The molecule has 4 nitrogen and oxygen atoms in total. The molecule has 0 amide bonds. The third-order valence-corrected chi connectivity index (χ3v) is 5.13. The average molecular weight is 356 g/mol. The molecule has 0 fully saturated rings. The second kappa shape index (κ2) is 7.90. The van der Waals surface area contributed by atoms with Crippen molar-refractivity contribution in [1.82, 2.24) is 0 Å². The van der Waals surface area contributed by atoms with Crippen molar-refractivity contribution < 1.29 is 19.3 Å². The molecule has 1 unspecified atom stereocenters. The molecule has 2 aromatic rings. The predicted octanol–water partition coefficient (Wildman–Crippen LogP) is 4.99. The Labute approximate surface area is 155 Å². The molecule has 0 spiro atoms. The number of methoxy groups -OCH3 is 1. The smallest absolute Gasteiger partial charge is 0.231 e. The van der Waals surface area contributed by atoms with Gasteiger partial charge in [-0.15, -0.1) is 0 Å². The number of benzene rings is 2. The van der Waals surface area contributed by atoms with Crippen molar-refractivity contribution >= 4 is 0 Å². The summed E-state index contributed by atoms with van der Waals surface area (Å²) in [5.74, 6) is 2.79. The van der Waals surface area contributed by atoms with E-state index in [4.69, 9.17) is 14.2 Å². The van der Waals surface area contributed by atoms with E-state index in [0.29, 0.717) is 18.5 Å². The lowest BCUT2D eigenvalue weighted by Gasteiger charge is -2.20. The number of hydrogen-bond acceptors (Lipinski definition) is 4. The van der Waals surface area contributed by atoms with E-state index in [1.54, 1.807) is 7.11 Å². The molecule has 140 valence electrons. The van der Waals surface area contributed by atoms with Crippen LogP contribution >= 0.6 is 0 Å². The molecule has 3 rings (SSSR count). The second-order valence-electron chi connectivity index (χ2n) is 6.87. The largest absolute Gasteiger partial charge is 0.504 e. The minimum atomic E-state index is 0.263. The van der Waals surface area contributed by atoms with Crippen LogP contribution < -0.4 is 14.2 Å². The Bertz CT molecular complexity index is 782. The Hall–Kier alpha value is -2.36. The molecule has 1 heterocycles. The number of fused-ring (bicyclic) bond motifs is 1. The predicted molar refractivity (Wildman–Crippen MR) is 103 cm³/mol. The van der Waals surface area contributed by atoms with E-state index in [-0.39, 0.29) is 5.75 Å². The molecular formula is C22H28O4. The first-order chi connectivity index (χ1) is 12.6. The van der Waals surface area contributed by atoms with Crippen LogP contribution in [0.25, 0.3) is 0 Å². The van der Waals surface area contributed by atoms with Crippen LogP contribution in [-0.2, 0) is 19.3 Å². The summed E-state index contributed by atoms with van der Waals surface area (Å²) in [4.78, 5) is 0. The van der Waals surface area contributed by atoms with Crippen LogP contribution in [0.2, 0.25) is 0 Å². The van der Waals surface area contributed by atoms with Crippen LogP contribution in [0.15, 0.2) is 24.3 Å². The molecule has 0 radical (unpaired) electrons. The molecule has 4 heteroatoms. The van der Waals surface area contributed by atoms with Gasteiger partial charge in [0.2, 0.25) is 6.79 Å². The fourth-order valence-corrected chi connectivity index (χ4v) is 3.79. The highest BCUT2D eigenvalue weighted by atomic mass is 16.7. The highest BCUT2D eigenvalue weighted by molar-refractivity contribution is 5.52. The molecule has 26 heavy (non-hydrogen) atoms. The maximum Gasteiger partial charge on any atom is 0.231 e. The van der Waals surface area contributed by atoms with E-state index < -0.39 is 0 Å². The van der Waals surface area contributed by atoms with Crippen LogP contribution in [0.4, 0.5) is 0 Å². The Kier molecular flexibility index (Phi) is 5.60. The van der Waals surface area contributed by atoms with Gasteiger partial charge in [-0.2, -0.15) is 0 Å². The van der Waals surface area contributed by atoms with E-state index >= 15 is 0 Å². The van der Waals surface area contributed by atoms with Crippen LogP contribution in [-0.4, -0.2) is 19.0 Å². The highest BCUT2D eigenvalue weighted by Crippen LogP contribution is 2.40. The molecule has 0 bridgehead atoms. The van der Waals surface area contributed by atoms with Crippen molar-refractivity contribution in [2.75, 3.05) is 13.9 Å². The summed E-state index contributed by atoms with van der Waals surface area (Å²) in [6, 6.07) is 8.18. The molecule has 0 saturated heterocycles. The van der Waals surface area contributed by atoms with Crippen molar-refractivity contribution in [2.45, 2.75) is 52.4 Å². The van der Waals surface area contributed by atoms with Gasteiger partial charge in [0.1, 0.15) is 0 Å². The number of aromatic hydroxyl groups is 1. The fraction of sp³-hybridized carbons (Fsp3) is 0.455. The standard InChI is InChI=1S/C22H28O4/c1-5-7-15-11-20-21(26-13-25-20)12-18(15)14(3)10-16-8-9-19(24-4)22(23)17(16)6-2/h8-9,11-12,14,23H,5-7,10,13H2,1-4H3. The Morgan fingerprint density at radius 1 is 1.12 bits per heavy atom. The summed E-state index contributed by atoms with van der Waals surface area (Å²) in [7, 11) is 1.58. The summed E-state index contributed by atoms with van der Waals surface area (Å²) < 4.78 is 16.4. The third-order valence-electron chi connectivity index (χ3n) is 5.13. The minimum Gasteiger partial charge on any atom is -0.504 e. The highest BCUT2D eigenvalue weighted by Gasteiger charge is 2.21. The molecule has 0 aliphatic carbocycles. The molecule has 1 aliphatic rings. The molecule has 1 atom stereocenters. The van der Waals surface area contributed by atoms with E-state index in [1.807, 2.05) is 6.07 Å². The monoisotopic (exact) mass is 356 g/mol. The zero-order valence-electron chi connectivity index (χ0n) is 16.1. The van der Waals surface area contributed by atoms with Gasteiger partial charge in [0.15, 0.2) is 23.0 Å². The number of phenolic OH excluding ortho intramolecular Hbond substituents is 1. The molecule has 0 aromatic heterocycles. The van der Waals surface area contributed by atoms with Gasteiger partial charge in [0.25, 0.3) is 0 Å². The number of phenols is 1. The number of ether oxygens (including phenoxy) is 3. The van der Waals surface area contributed by atoms with Gasteiger partial charge in [-0.1, -0.05) is 33.3 Å². The SMILES string of the molecule is CCCc1cc2c(cc1C(C)Cc1ccc(OC)c(O)c1CC)OCO2. The van der Waals surface area contributed by atoms with Gasteiger partial charge in [-0.05, 0) is 60.1 Å². The number of rotatable bonds is 7. The minimum absolute atomic E-state index is 0.263. The Balaban J connectivity index is 1.93. The van der Waals surface area contributed by atoms with Gasteiger partial charge >= 0.3 is 0 Å². The van der Waals surface area contributed by atoms with Gasteiger partial charge in [0.05, 0.1) is 7.11 Å². The van der Waals surface area contributed by atoms with E-state index in [2.05, 4.69) is 39.0 Å². The molecular weight excluding hydrogens is 328 g/mol. The maximum absolute atomic E-state index is 10.5. The van der Waals surface area contributed by atoms with Crippen molar-refractivity contribution in [1.29, 1.82) is 0 Å². The Morgan fingerprint density at radius 3 is 2.50 bits per heavy atom. The zero-order chi connectivity index (χ0) is 18.7. The lowest BCUT2D eigenvalue weighted by atomic mass is 9.86. The van der Waals surface area contributed by atoms with Crippen molar-refractivity contribution in [3.63, 3.8) is 0 Å². The normalized spacial score (nSPS) is 13.7. The van der Waals surface area contributed by atoms with Crippen LogP contribution in [0.5, 0.6) is 23.0 Å². The van der Waals surface area contributed by atoms with Crippen LogP contribution in [0.1, 0.15) is 55.4 Å². The molecule has 0 saturated carbocycles. The fourth-order valence-electron chi connectivity index (χ4n) is 3.79. The van der Waals surface area contributed by atoms with Gasteiger partial charge in [-0.25, -0.2) is 0 Å². The third kappa shape index (κ3) is 3.46.